The van der Waals surface area contributed by atoms with Crippen molar-refractivity contribution >= 4 is 48.1 Å². The van der Waals surface area contributed by atoms with Crippen LogP contribution in [0.3, 0.4) is 0 Å². The molecule has 14 heteroatoms. The number of hydrogen-bond acceptors (Lipinski definition) is 8. The van der Waals surface area contributed by atoms with Gasteiger partial charge in [-0.25, -0.2) is 4.79 Å². The van der Waals surface area contributed by atoms with Crippen LogP contribution in [0.4, 0.5) is 0 Å². The Bertz CT molecular complexity index is 734. The van der Waals surface area contributed by atoms with Crippen LogP contribution in [0.2, 0.25) is 0 Å². The first-order chi connectivity index (χ1) is 14.5. The van der Waals surface area contributed by atoms with Crippen LogP contribution in [-0.4, -0.2) is 82.0 Å². The molecule has 0 bridgehead atoms. The van der Waals surface area contributed by atoms with E-state index in [1.54, 1.807) is 0 Å². The number of carbonyl (C=O) groups is 6. The zero-order valence-electron chi connectivity index (χ0n) is 16.8. The van der Waals surface area contributed by atoms with Gasteiger partial charge in [-0.3, -0.25) is 24.0 Å². The summed E-state index contributed by atoms with van der Waals surface area (Å²) >= 11 is 3.85. The Morgan fingerprint density at radius 2 is 1.71 bits per heavy atom. The van der Waals surface area contributed by atoms with Gasteiger partial charge in [0.15, 0.2) is 0 Å². The van der Waals surface area contributed by atoms with Crippen molar-refractivity contribution in [2.75, 3.05) is 12.3 Å². The van der Waals surface area contributed by atoms with E-state index in [-0.39, 0.29) is 31.6 Å². The molecule has 9 N–H and O–H groups in total. The number of carbonyl (C=O) groups excluding carboxylic acids is 5. The van der Waals surface area contributed by atoms with Crippen LogP contribution in [0.1, 0.15) is 32.1 Å². The number of amides is 5. The predicted molar refractivity (Wildman–Crippen MR) is 110 cm³/mol. The Balaban J connectivity index is 2.91. The smallest absolute Gasteiger partial charge is 0.327 e. The van der Waals surface area contributed by atoms with Crippen molar-refractivity contribution in [2.24, 2.45) is 17.2 Å². The molecule has 0 aromatic rings. The number of carboxylic acid groups (broad SMARTS) is 1. The molecular formula is C17H28N6O7S. The molecule has 0 saturated carbocycles. The molecular weight excluding hydrogens is 432 g/mol. The van der Waals surface area contributed by atoms with E-state index in [1.165, 1.54) is 4.90 Å². The second kappa shape index (κ2) is 12.1. The van der Waals surface area contributed by atoms with Gasteiger partial charge in [-0.1, -0.05) is 0 Å². The number of nitrogens with two attached hydrogens (primary N) is 3. The highest BCUT2D eigenvalue weighted by molar-refractivity contribution is 7.80. The molecule has 1 rings (SSSR count). The number of primary amides is 2. The molecule has 0 spiro atoms. The second-order valence-corrected chi connectivity index (χ2v) is 7.48. The maximum atomic E-state index is 12.8. The van der Waals surface area contributed by atoms with E-state index >= 15 is 0 Å². The minimum Gasteiger partial charge on any atom is -0.480 e. The van der Waals surface area contributed by atoms with E-state index in [2.05, 4.69) is 23.3 Å². The van der Waals surface area contributed by atoms with Gasteiger partial charge in [0, 0.05) is 18.7 Å². The lowest BCUT2D eigenvalue weighted by molar-refractivity contribution is -0.142. The van der Waals surface area contributed by atoms with E-state index in [1.807, 2.05) is 0 Å². The van der Waals surface area contributed by atoms with Gasteiger partial charge in [-0.05, 0) is 19.3 Å². The number of thiol groups is 1. The van der Waals surface area contributed by atoms with Crippen LogP contribution >= 0.6 is 12.6 Å². The Morgan fingerprint density at radius 1 is 1.06 bits per heavy atom. The first-order valence-electron chi connectivity index (χ1n) is 9.55. The molecule has 4 atom stereocenters. The first-order valence-corrected chi connectivity index (χ1v) is 10.2. The lowest BCUT2D eigenvalue weighted by Crippen LogP contribution is -2.57. The zero-order valence-corrected chi connectivity index (χ0v) is 17.7. The van der Waals surface area contributed by atoms with Crippen molar-refractivity contribution in [2.45, 2.75) is 56.3 Å². The van der Waals surface area contributed by atoms with Crippen LogP contribution < -0.4 is 27.8 Å². The average molecular weight is 461 g/mol. The molecule has 0 aromatic heterocycles. The van der Waals surface area contributed by atoms with Crippen LogP contribution in [0.5, 0.6) is 0 Å². The number of nitrogens with zero attached hydrogens (tertiary/aromatic N) is 1. The topological polar surface area (TPSA) is 228 Å². The summed E-state index contributed by atoms with van der Waals surface area (Å²) in [5, 5.41) is 13.7. The molecule has 31 heavy (non-hydrogen) atoms. The van der Waals surface area contributed by atoms with Crippen LogP contribution in [-0.2, 0) is 28.8 Å². The maximum Gasteiger partial charge on any atom is 0.327 e. The fourth-order valence-corrected chi connectivity index (χ4v) is 3.35. The van der Waals surface area contributed by atoms with Crippen molar-refractivity contribution in [3.05, 3.63) is 0 Å². The average Bonchev–Trinajstić information content (AvgIpc) is 3.17. The molecule has 174 valence electrons. The highest BCUT2D eigenvalue weighted by Crippen LogP contribution is 2.19. The van der Waals surface area contributed by atoms with Crippen molar-refractivity contribution in [1.29, 1.82) is 0 Å². The number of hydrogen-bond donors (Lipinski definition) is 7. The first kappa shape index (κ1) is 26.2. The quantitative estimate of drug-likeness (QED) is 0.144. The molecule has 0 radical (unpaired) electrons. The second-order valence-electron chi connectivity index (χ2n) is 7.11. The summed E-state index contributed by atoms with van der Waals surface area (Å²) in [5.74, 6) is -5.14. The minimum absolute atomic E-state index is 0.173. The number of likely N-dealkylation sites (tertiary alicyclic amines) is 1. The van der Waals surface area contributed by atoms with Crippen LogP contribution in [0.15, 0.2) is 0 Å². The Labute approximate surface area is 183 Å². The summed E-state index contributed by atoms with van der Waals surface area (Å²) in [6, 6.07) is -4.72. The lowest BCUT2D eigenvalue weighted by atomic mass is 10.1. The zero-order chi connectivity index (χ0) is 23.7. The molecule has 13 nitrogen and oxygen atoms in total. The highest BCUT2D eigenvalue weighted by Gasteiger charge is 2.38. The normalized spacial score (nSPS) is 18.5. The Morgan fingerprint density at radius 3 is 2.23 bits per heavy atom. The maximum absolute atomic E-state index is 12.8. The largest absolute Gasteiger partial charge is 0.480 e. The van der Waals surface area contributed by atoms with Crippen LogP contribution in [0.25, 0.3) is 0 Å². The lowest BCUT2D eigenvalue weighted by Gasteiger charge is -2.28. The van der Waals surface area contributed by atoms with Gasteiger partial charge in [0.25, 0.3) is 0 Å². The van der Waals surface area contributed by atoms with Gasteiger partial charge in [-0.2, -0.15) is 12.6 Å². The molecule has 4 unspecified atom stereocenters. The van der Waals surface area contributed by atoms with Gasteiger partial charge in [0.2, 0.25) is 29.5 Å². The van der Waals surface area contributed by atoms with Crippen molar-refractivity contribution in [3.8, 4) is 0 Å². The molecule has 0 aliphatic carbocycles. The standard InChI is InChI=1S/C17H28N6O7S/c18-8(6-13(20)25)16(28)23-5-1-2-11(23)15(27)21-9(3-4-12(19)24)14(26)22-10(7-31)17(29)30/h8-11,31H,1-7,18H2,(H2,19,24)(H2,20,25)(H,21,27)(H,22,26)(H,29,30). The minimum atomic E-state index is -1.32. The summed E-state index contributed by atoms with van der Waals surface area (Å²) in [5.41, 5.74) is 15.9. The molecule has 5 amide bonds. The monoisotopic (exact) mass is 460 g/mol. The van der Waals surface area contributed by atoms with Gasteiger partial charge in [-0.15, -0.1) is 0 Å². The summed E-state index contributed by atoms with van der Waals surface area (Å²) in [7, 11) is 0. The van der Waals surface area contributed by atoms with Gasteiger partial charge in [0.05, 0.1) is 12.5 Å². The fourth-order valence-electron chi connectivity index (χ4n) is 3.10. The van der Waals surface area contributed by atoms with Gasteiger partial charge < -0.3 is 37.8 Å². The van der Waals surface area contributed by atoms with Crippen LogP contribution in [0, 0.1) is 0 Å². The summed E-state index contributed by atoms with van der Waals surface area (Å²) in [4.78, 5) is 72.3. The van der Waals surface area contributed by atoms with E-state index < -0.39 is 59.7 Å². The van der Waals surface area contributed by atoms with E-state index in [9.17, 15) is 28.8 Å². The third-order valence-corrected chi connectivity index (χ3v) is 5.05. The number of nitrogens with one attached hydrogen (secondary N) is 2. The number of carboxylic acids is 1. The Kier molecular flexibility index (Phi) is 10.2. The van der Waals surface area contributed by atoms with Gasteiger partial charge >= 0.3 is 5.97 Å². The van der Waals surface area contributed by atoms with E-state index in [0.29, 0.717) is 12.8 Å². The van der Waals surface area contributed by atoms with E-state index in [0.717, 1.165) is 0 Å². The molecule has 1 heterocycles. The van der Waals surface area contributed by atoms with E-state index in [4.69, 9.17) is 22.3 Å². The summed E-state index contributed by atoms with van der Waals surface area (Å²) < 4.78 is 0. The number of aliphatic carboxylic acids is 1. The Hall–Kier alpha value is -2.87. The summed E-state index contributed by atoms with van der Waals surface area (Å²) in [6.45, 7) is 0.224. The molecule has 0 aromatic carbocycles. The summed E-state index contributed by atoms with van der Waals surface area (Å²) in [6.07, 6.45) is -0.0134. The SMILES string of the molecule is NC(=O)CCC(NC(=O)C1CCCN1C(=O)C(N)CC(N)=O)C(=O)NC(CS)C(=O)O. The fraction of sp³-hybridized carbons (Fsp3) is 0.647. The van der Waals surface area contributed by atoms with Gasteiger partial charge in [0.1, 0.15) is 18.1 Å². The van der Waals surface area contributed by atoms with Crippen molar-refractivity contribution < 1.29 is 33.9 Å². The third-order valence-electron chi connectivity index (χ3n) is 4.69. The molecule has 1 fully saturated rings. The highest BCUT2D eigenvalue weighted by atomic mass is 32.1. The van der Waals surface area contributed by atoms with Crippen molar-refractivity contribution in [3.63, 3.8) is 0 Å². The third kappa shape index (κ3) is 8.05. The molecule has 1 aliphatic rings. The van der Waals surface area contributed by atoms with Crippen molar-refractivity contribution in [1.82, 2.24) is 15.5 Å². The number of rotatable bonds is 12. The predicted octanol–water partition coefficient (Wildman–Crippen LogP) is -3.57. The molecule has 1 aliphatic heterocycles. The molecule has 1 saturated heterocycles.